The number of hydrogen-bond donors (Lipinski definition) is 0. The normalized spacial score (nSPS) is 12.3. The Morgan fingerprint density at radius 2 is 1.41 bits per heavy atom. The van der Waals surface area contributed by atoms with E-state index in [0.717, 1.165) is 0 Å². The van der Waals surface area contributed by atoms with Crippen molar-refractivity contribution in [2.24, 2.45) is 0 Å². The molecule has 0 N–H and O–H groups in total. The average Bonchev–Trinajstić information content (AvgIpc) is 2.40. The molecule has 88 valence electrons. The molecule has 1 heteroatoms. The Balaban J connectivity index is 2.13. The molecule has 2 aromatic rings. The predicted molar refractivity (Wildman–Crippen MR) is 77.4 cm³/mol. The van der Waals surface area contributed by atoms with Crippen LogP contribution in [-0.2, 0) is 16.6 Å². The molecule has 0 aliphatic heterocycles. The molecule has 0 saturated carbocycles. The molecule has 0 fully saturated rings. The van der Waals surface area contributed by atoms with E-state index in [-0.39, 0.29) is 0 Å². The second-order valence-corrected chi connectivity index (χ2v) is 6.29. The molecule has 2 rings (SSSR count). The van der Waals surface area contributed by atoms with Gasteiger partial charge in [0.15, 0.2) is 4.90 Å². The first kappa shape index (κ1) is 12.3. The SMILES string of the molecule is CCC[S+](Cc1ccccc1)c1ccccc1. The van der Waals surface area contributed by atoms with Crippen LogP contribution >= 0.6 is 0 Å². The summed E-state index contributed by atoms with van der Waals surface area (Å²) >= 11 is 0. The van der Waals surface area contributed by atoms with Crippen LogP contribution in [0.2, 0.25) is 0 Å². The molecule has 0 bridgehead atoms. The maximum Gasteiger partial charge on any atom is 0.155 e. The average molecular weight is 243 g/mol. The van der Waals surface area contributed by atoms with Crippen molar-refractivity contribution in [3.05, 3.63) is 66.2 Å². The largest absolute Gasteiger partial charge is 0.155 e. The summed E-state index contributed by atoms with van der Waals surface area (Å²) in [5.41, 5.74) is 1.45. The zero-order valence-corrected chi connectivity index (χ0v) is 11.1. The van der Waals surface area contributed by atoms with Crippen LogP contribution in [-0.4, -0.2) is 5.75 Å². The standard InChI is InChI=1S/C16H19S/c1-2-13-17(16-11-7-4-8-12-16)14-15-9-5-3-6-10-15/h3-12H,2,13-14H2,1H3/q+1. The van der Waals surface area contributed by atoms with Crippen LogP contribution in [0.1, 0.15) is 18.9 Å². The first-order valence-electron chi connectivity index (χ1n) is 6.16. The minimum atomic E-state index is 0.361. The molecule has 0 heterocycles. The molecule has 2 aromatic carbocycles. The van der Waals surface area contributed by atoms with Gasteiger partial charge in [0.05, 0.1) is 0 Å². The Kier molecular flexibility index (Phi) is 4.69. The van der Waals surface area contributed by atoms with Gasteiger partial charge in [0, 0.05) is 16.5 Å². The van der Waals surface area contributed by atoms with E-state index >= 15 is 0 Å². The van der Waals surface area contributed by atoms with E-state index in [1.54, 1.807) is 0 Å². The summed E-state index contributed by atoms with van der Waals surface area (Å²) in [5, 5.41) is 0. The van der Waals surface area contributed by atoms with Crippen LogP contribution in [0.25, 0.3) is 0 Å². The number of benzene rings is 2. The zero-order chi connectivity index (χ0) is 11.9. The van der Waals surface area contributed by atoms with Crippen LogP contribution in [0, 0.1) is 0 Å². The minimum absolute atomic E-state index is 0.361. The molecule has 0 nitrogen and oxygen atoms in total. The van der Waals surface area contributed by atoms with Gasteiger partial charge in [0.25, 0.3) is 0 Å². The highest BCUT2D eigenvalue weighted by molar-refractivity contribution is 7.96. The second kappa shape index (κ2) is 6.51. The van der Waals surface area contributed by atoms with E-state index in [1.165, 1.54) is 28.4 Å². The fourth-order valence-corrected chi connectivity index (χ4v) is 4.08. The fourth-order valence-electron chi connectivity index (χ4n) is 1.91. The maximum atomic E-state index is 2.27. The van der Waals surface area contributed by atoms with Crippen LogP contribution in [0.4, 0.5) is 0 Å². The first-order chi connectivity index (χ1) is 8.40. The van der Waals surface area contributed by atoms with Gasteiger partial charge >= 0.3 is 0 Å². The van der Waals surface area contributed by atoms with Crippen molar-refractivity contribution in [3.63, 3.8) is 0 Å². The van der Waals surface area contributed by atoms with Gasteiger partial charge < -0.3 is 0 Å². The summed E-state index contributed by atoms with van der Waals surface area (Å²) in [5.74, 6) is 2.47. The molecular formula is C16H19S+. The quantitative estimate of drug-likeness (QED) is 0.688. The molecule has 0 saturated heterocycles. The van der Waals surface area contributed by atoms with Gasteiger partial charge in [0.2, 0.25) is 0 Å². The van der Waals surface area contributed by atoms with Gasteiger partial charge in [0.1, 0.15) is 11.5 Å². The lowest BCUT2D eigenvalue weighted by Crippen LogP contribution is -2.10. The third-order valence-corrected chi connectivity index (χ3v) is 5.23. The number of rotatable bonds is 5. The van der Waals surface area contributed by atoms with Crippen molar-refractivity contribution in [1.82, 2.24) is 0 Å². The van der Waals surface area contributed by atoms with Gasteiger partial charge in [-0.3, -0.25) is 0 Å². The Labute approximate surface area is 107 Å². The highest BCUT2D eigenvalue weighted by Gasteiger charge is 2.20. The third-order valence-electron chi connectivity index (χ3n) is 2.71. The van der Waals surface area contributed by atoms with Crippen molar-refractivity contribution in [2.45, 2.75) is 24.0 Å². The molecule has 0 amide bonds. The van der Waals surface area contributed by atoms with Gasteiger partial charge in [-0.1, -0.05) is 55.5 Å². The van der Waals surface area contributed by atoms with E-state index in [4.69, 9.17) is 0 Å². The Morgan fingerprint density at radius 3 is 2.00 bits per heavy atom. The lowest BCUT2D eigenvalue weighted by atomic mass is 10.2. The molecule has 1 atom stereocenters. The van der Waals surface area contributed by atoms with E-state index in [9.17, 15) is 0 Å². The van der Waals surface area contributed by atoms with E-state index < -0.39 is 0 Å². The minimum Gasteiger partial charge on any atom is -0.0622 e. The Morgan fingerprint density at radius 1 is 0.824 bits per heavy atom. The summed E-state index contributed by atoms with van der Waals surface area (Å²) in [4.78, 5) is 1.50. The van der Waals surface area contributed by atoms with Crippen molar-refractivity contribution < 1.29 is 0 Å². The van der Waals surface area contributed by atoms with Crippen LogP contribution in [0.15, 0.2) is 65.6 Å². The van der Waals surface area contributed by atoms with Gasteiger partial charge in [-0.05, 0) is 18.6 Å². The molecule has 0 aliphatic carbocycles. The molecule has 0 aliphatic rings. The van der Waals surface area contributed by atoms with E-state index in [2.05, 4.69) is 67.6 Å². The summed E-state index contributed by atoms with van der Waals surface area (Å²) in [7, 11) is 0.361. The maximum absolute atomic E-state index is 2.27. The lowest BCUT2D eigenvalue weighted by Gasteiger charge is -2.07. The zero-order valence-electron chi connectivity index (χ0n) is 10.3. The van der Waals surface area contributed by atoms with Crippen LogP contribution in [0.3, 0.4) is 0 Å². The van der Waals surface area contributed by atoms with Crippen LogP contribution < -0.4 is 0 Å². The highest BCUT2D eigenvalue weighted by Crippen LogP contribution is 2.19. The molecule has 1 unspecified atom stereocenters. The lowest BCUT2D eigenvalue weighted by molar-refractivity contribution is 1.09. The first-order valence-corrected chi connectivity index (χ1v) is 7.73. The molecular weight excluding hydrogens is 224 g/mol. The van der Waals surface area contributed by atoms with E-state index in [0.29, 0.717) is 10.9 Å². The highest BCUT2D eigenvalue weighted by atomic mass is 32.2. The van der Waals surface area contributed by atoms with Crippen LogP contribution in [0.5, 0.6) is 0 Å². The third kappa shape index (κ3) is 3.64. The molecule has 0 spiro atoms. The number of hydrogen-bond acceptors (Lipinski definition) is 0. The monoisotopic (exact) mass is 243 g/mol. The summed E-state index contributed by atoms with van der Waals surface area (Å²) < 4.78 is 0. The molecule has 17 heavy (non-hydrogen) atoms. The van der Waals surface area contributed by atoms with Gasteiger partial charge in [-0.25, -0.2) is 0 Å². The van der Waals surface area contributed by atoms with Crippen molar-refractivity contribution in [2.75, 3.05) is 5.75 Å². The topological polar surface area (TPSA) is 0 Å². The fraction of sp³-hybridized carbons (Fsp3) is 0.250. The predicted octanol–water partition coefficient (Wildman–Crippen LogP) is 4.27. The van der Waals surface area contributed by atoms with Crippen molar-refractivity contribution in [3.8, 4) is 0 Å². The second-order valence-electron chi connectivity index (χ2n) is 4.14. The van der Waals surface area contributed by atoms with Crippen molar-refractivity contribution in [1.29, 1.82) is 0 Å². The summed E-state index contributed by atoms with van der Waals surface area (Å²) in [6.07, 6.45) is 1.25. The molecule has 0 radical (unpaired) electrons. The van der Waals surface area contributed by atoms with Gasteiger partial charge in [-0.15, -0.1) is 0 Å². The van der Waals surface area contributed by atoms with E-state index in [1.807, 2.05) is 0 Å². The summed E-state index contributed by atoms with van der Waals surface area (Å²) in [6, 6.07) is 21.7. The van der Waals surface area contributed by atoms with Crippen molar-refractivity contribution >= 4 is 10.9 Å². The Bertz CT molecular complexity index is 422. The summed E-state index contributed by atoms with van der Waals surface area (Å²) in [6.45, 7) is 2.27. The Hall–Kier alpha value is -1.21. The van der Waals surface area contributed by atoms with Gasteiger partial charge in [-0.2, -0.15) is 0 Å². The smallest absolute Gasteiger partial charge is 0.0622 e. The molecule has 0 aromatic heterocycles.